The summed E-state index contributed by atoms with van der Waals surface area (Å²) in [5.74, 6) is 3.56. The van der Waals surface area contributed by atoms with Gasteiger partial charge in [0.1, 0.15) is 17.9 Å². The lowest BCUT2D eigenvalue weighted by atomic mass is 9.93. The van der Waals surface area contributed by atoms with Gasteiger partial charge in [-0.3, -0.25) is 0 Å². The summed E-state index contributed by atoms with van der Waals surface area (Å²) < 4.78 is 13.0. The first kappa shape index (κ1) is 33.7. The Labute approximate surface area is 326 Å². The predicted octanol–water partition coefficient (Wildman–Crippen LogP) is 10.6. The number of hydrogen-bond donors (Lipinski definition) is 1. The number of allylic oxidation sites excluding steroid dienone is 7. The van der Waals surface area contributed by atoms with Crippen LogP contribution < -0.4 is 15.0 Å². The number of rotatable bonds is 8. The molecule has 0 bridgehead atoms. The topological polar surface area (TPSA) is 84.8 Å². The highest BCUT2D eigenvalue weighted by Gasteiger charge is 2.34. The van der Waals surface area contributed by atoms with Crippen molar-refractivity contribution in [3.8, 4) is 28.5 Å². The van der Waals surface area contributed by atoms with Gasteiger partial charge < -0.3 is 19.7 Å². The zero-order valence-electron chi connectivity index (χ0n) is 31.0. The number of nitrogens with one attached hydrogen (secondary N) is 1. The van der Waals surface area contributed by atoms with Gasteiger partial charge in [0.25, 0.3) is 0 Å². The number of benzene rings is 4. The zero-order chi connectivity index (χ0) is 37.4. The van der Waals surface area contributed by atoms with E-state index in [0.717, 1.165) is 93.5 Å². The second-order valence-electron chi connectivity index (χ2n) is 14.5. The summed E-state index contributed by atoms with van der Waals surface area (Å²) in [7, 11) is 0. The van der Waals surface area contributed by atoms with Crippen molar-refractivity contribution >= 4 is 22.8 Å². The molecule has 0 saturated heterocycles. The lowest BCUT2D eigenvalue weighted by Gasteiger charge is -2.33. The van der Waals surface area contributed by atoms with E-state index < -0.39 is 0 Å². The molecule has 5 aliphatic rings. The molecular weight excluding hydrogens is 693 g/mol. The van der Waals surface area contributed by atoms with Gasteiger partial charge in [0.05, 0.1) is 5.69 Å². The largest absolute Gasteiger partial charge is 0.467 e. The van der Waals surface area contributed by atoms with Crippen molar-refractivity contribution in [2.45, 2.75) is 51.0 Å². The average molecular weight is 733 g/mol. The summed E-state index contributed by atoms with van der Waals surface area (Å²) in [4.78, 5) is 22.4. The van der Waals surface area contributed by atoms with Crippen LogP contribution in [0.4, 0.5) is 11.4 Å². The Balaban J connectivity index is 1.03. The third kappa shape index (κ3) is 6.53. The first-order chi connectivity index (χ1) is 27.6. The van der Waals surface area contributed by atoms with Gasteiger partial charge >= 0.3 is 0 Å². The molecule has 8 nitrogen and oxygen atoms in total. The Morgan fingerprint density at radius 1 is 0.732 bits per heavy atom. The van der Waals surface area contributed by atoms with Gasteiger partial charge in [0, 0.05) is 51.0 Å². The fourth-order valence-electron chi connectivity index (χ4n) is 7.90. The summed E-state index contributed by atoms with van der Waals surface area (Å²) in [6.45, 7) is 2.16. The van der Waals surface area contributed by atoms with Crippen LogP contribution in [-0.2, 0) is 4.74 Å². The summed E-state index contributed by atoms with van der Waals surface area (Å²) in [6.07, 6.45) is 18.5. The van der Waals surface area contributed by atoms with Gasteiger partial charge in [-0.15, -0.1) is 0 Å². The van der Waals surface area contributed by atoms with E-state index in [1.807, 2.05) is 78.9 Å². The fraction of sp³-hybridized carbons (Fsp3) is 0.167. The van der Waals surface area contributed by atoms with E-state index in [-0.39, 0.29) is 18.4 Å². The molecule has 0 fully saturated rings. The van der Waals surface area contributed by atoms with Crippen molar-refractivity contribution in [3.63, 3.8) is 0 Å². The molecule has 4 aromatic carbocycles. The van der Waals surface area contributed by atoms with Crippen molar-refractivity contribution in [2.75, 3.05) is 10.2 Å². The Kier molecular flexibility index (Phi) is 8.71. The first-order valence-corrected chi connectivity index (χ1v) is 19.3. The summed E-state index contributed by atoms with van der Waals surface area (Å²) in [5, 5.41) is 3.55. The Morgan fingerprint density at radius 3 is 2.14 bits per heavy atom. The molecule has 0 spiro atoms. The van der Waals surface area contributed by atoms with Crippen LogP contribution in [0.5, 0.6) is 5.75 Å². The van der Waals surface area contributed by atoms with Gasteiger partial charge in [-0.1, -0.05) is 115 Å². The van der Waals surface area contributed by atoms with Crippen molar-refractivity contribution < 1.29 is 9.47 Å². The van der Waals surface area contributed by atoms with Crippen molar-refractivity contribution in [3.05, 3.63) is 186 Å². The van der Waals surface area contributed by atoms with Crippen LogP contribution in [0.25, 0.3) is 28.3 Å². The van der Waals surface area contributed by atoms with Crippen molar-refractivity contribution in [1.82, 2.24) is 15.0 Å². The van der Waals surface area contributed by atoms with Crippen LogP contribution in [0.15, 0.2) is 179 Å². The van der Waals surface area contributed by atoms with Gasteiger partial charge in [-0.2, -0.15) is 0 Å². The second kappa shape index (κ2) is 14.5. The predicted molar refractivity (Wildman–Crippen MR) is 223 cm³/mol. The minimum Gasteiger partial charge on any atom is -0.467 e. The molecule has 1 aromatic heterocycles. The highest BCUT2D eigenvalue weighted by Crippen LogP contribution is 2.44. The molecule has 1 N–H and O–H groups in total. The molecule has 56 heavy (non-hydrogen) atoms. The van der Waals surface area contributed by atoms with Gasteiger partial charge in [0.15, 0.2) is 23.7 Å². The molecule has 8 heteroatoms. The number of nitrogens with zero attached hydrogens (tertiary/aromatic N) is 5. The van der Waals surface area contributed by atoms with Crippen molar-refractivity contribution in [2.24, 2.45) is 4.99 Å². The molecule has 3 atom stereocenters. The zero-order valence-corrected chi connectivity index (χ0v) is 31.0. The molecule has 5 aromatic rings. The fourth-order valence-corrected chi connectivity index (χ4v) is 7.90. The van der Waals surface area contributed by atoms with E-state index in [2.05, 4.69) is 90.0 Å². The maximum absolute atomic E-state index is 6.53. The van der Waals surface area contributed by atoms with Gasteiger partial charge in [0.2, 0.25) is 5.90 Å². The number of aromatic nitrogens is 3. The SMILES string of the molecule is CC1=C(c2nc(-c3ccccc3)nc(-c3ccccc3)n2)CCC(N(C2=CC3OC(C4=CCCC=C4)=NC3C=C2)c2ccc3c(c2)OC(c2ccccc2)N3)=C1. The molecule has 0 radical (unpaired) electrons. The van der Waals surface area contributed by atoms with E-state index in [9.17, 15) is 0 Å². The van der Waals surface area contributed by atoms with Crippen LogP contribution in [0.1, 0.15) is 50.2 Å². The maximum atomic E-state index is 6.53. The lowest BCUT2D eigenvalue weighted by molar-refractivity contribution is 0.253. The van der Waals surface area contributed by atoms with Crippen LogP contribution in [0.3, 0.4) is 0 Å². The quantitative estimate of drug-likeness (QED) is 0.170. The van der Waals surface area contributed by atoms with Crippen LogP contribution in [0.2, 0.25) is 0 Å². The number of hydrogen-bond acceptors (Lipinski definition) is 8. The molecule has 10 rings (SSSR count). The molecule has 274 valence electrons. The van der Waals surface area contributed by atoms with Crippen LogP contribution in [-0.4, -0.2) is 33.0 Å². The molecule has 0 saturated carbocycles. The molecule has 0 amide bonds. The lowest BCUT2D eigenvalue weighted by Crippen LogP contribution is -2.29. The summed E-state index contributed by atoms with van der Waals surface area (Å²) >= 11 is 0. The van der Waals surface area contributed by atoms with E-state index in [1.165, 1.54) is 0 Å². The van der Waals surface area contributed by atoms with Gasteiger partial charge in [-0.05, 0) is 68.5 Å². The van der Waals surface area contributed by atoms with Gasteiger partial charge in [-0.25, -0.2) is 19.9 Å². The molecule has 3 aliphatic carbocycles. The second-order valence-corrected chi connectivity index (χ2v) is 14.5. The Morgan fingerprint density at radius 2 is 1.45 bits per heavy atom. The molecule has 2 aliphatic heterocycles. The average Bonchev–Trinajstić information content (AvgIpc) is 3.90. The Bertz CT molecular complexity index is 2480. The normalized spacial score (nSPS) is 20.8. The van der Waals surface area contributed by atoms with E-state index in [1.54, 1.807) is 0 Å². The van der Waals surface area contributed by atoms with Crippen LogP contribution in [0, 0.1) is 0 Å². The number of ether oxygens (including phenoxy) is 2. The first-order valence-electron chi connectivity index (χ1n) is 19.3. The monoisotopic (exact) mass is 732 g/mol. The standard InChI is InChI=1S/C48H40N6O2/c1-31-28-36(22-25-39(31)46-52-44(32-14-6-2-7-15-32)51-45(53-46)33-16-8-3-9-17-33)54(37-23-26-40-42(29-37)55-47(49-40)34-18-10-4-11-19-34)38-24-27-41-43(30-38)56-48(50-41)35-20-12-5-13-21-35/h2-4,6-12,14-21,23-24,26-30,41,43,47,49H,5,13,22,25H2,1H3. The molecular formula is C48H40N6O2. The molecule has 3 heterocycles. The molecule has 3 unspecified atom stereocenters. The highest BCUT2D eigenvalue weighted by molar-refractivity contribution is 5.98. The summed E-state index contributed by atoms with van der Waals surface area (Å²) in [6, 6.07) is 36.9. The third-order valence-electron chi connectivity index (χ3n) is 10.8. The number of aliphatic imine (C=N–C) groups is 1. The van der Waals surface area contributed by atoms with E-state index >= 15 is 0 Å². The number of anilines is 2. The smallest absolute Gasteiger partial charge is 0.217 e. The third-order valence-corrected chi connectivity index (χ3v) is 10.8. The highest BCUT2D eigenvalue weighted by atomic mass is 16.5. The minimum atomic E-state index is -0.251. The van der Waals surface area contributed by atoms with Crippen molar-refractivity contribution in [1.29, 1.82) is 0 Å². The maximum Gasteiger partial charge on any atom is 0.217 e. The summed E-state index contributed by atoms with van der Waals surface area (Å²) in [5.41, 5.74) is 10.4. The Hall–Kier alpha value is -6.80. The van der Waals surface area contributed by atoms with E-state index in [0.29, 0.717) is 17.5 Å². The minimum absolute atomic E-state index is 0.0685. The number of fused-ring (bicyclic) bond motifs is 2. The van der Waals surface area contributed by atoms with Crippen LogP contribution >= 0.6 is 0 Å². The van der Waals surface area contributed by atoms with E-state index in [4.69, 9.17) is 29.4 Å².